The lowest BCUT2D eigenvalue weighted by atomic mass is 9.96. The molecular weight excluding hydrogens is 584 g/mol. The maximum Gasteiger partial charge on any atom is 0.339 e. The molecule has 0 aliphatic heterocycles. The number of carbonyl (C=O) groups excluding carboxylic acids is 2. The van der Waals surface area contributed by atoms with Gasteiger partial charge in [-0.1, -0.05) is 105 Å². The van der Waals surface area contributed by atoms with Crippen molar-refractivity contribution in [2.75, 3.05) is 6.61 Å². The number of aryl methyl sites for hydroxylation is 2. The normalized spacial score (nSPS) is 10.3. The Labute approximate surface area is 269 Å². The Hall–Kier alpha value is -5.24. The summed E-state index contributed by atoms with van der Waals surface area (Å²) in [5, 5.41) is 18.4. The van der Waals surface area contributed by atoms with E-state index in [1.165, 1.54) is 11.6 Å². The molecule has 0 amide bonds. The molecule has 0 radical (unpaired) electrons. The average Bonchev–Trinajstić information content (AvgIpc) is 3.08. The second-order valence-corrected chi connectivity index (χ2v) is 10.6. The highest BCUT2D eigenvalue weighted by atomic mass is 16.5. The fourth-order valence-corrected chi connectivity index (χ4v) is 4.73. The van der Waals surface area contributed by atoms with Crippen LogP contribution in [0.2, 0.25) is 0 Å². The molecule has 0 bridgehead atoms. The summed E-state index contributed by atoms with van der Waals surface area (Å²) in [7, 11) is 0. The highest BCUT2D eigenvalue weighted by Crippen LogP contribution is 2.19. The van der Waals surface area contributed by atoms with Gasteiger partial charge in [-0.25, -0.2) is 19.2 Å². The highest BCUT2D eigenvalue weighted by molar-refractivity contribution is 6.03. The van der Waals surface area contributed by atoms with Gasteiger partial charge in [0.2, 0.25) is 0 Å². The molecule has 240 valence electrons. The van der Waals surface area contributed by atoms with Gasteiger partial charge < -0.3 is 19.7 Å². The summed E-state index contributed by atoms with van der Waals surface area (Å²) in [5.41, 5.74) is 3.03. The standard InChI is InChI=1S/2C19H20O4/c20-18(21)16-13-7-12-15(17(16)19(22)23)11-6-2-5-10-14-8-3-1-4-9-14;1-2-3-13-22-18(20)16-11-7-8-12-17(16)19(21)23-14-15-9-5-4-6-10-15/h1,3-4,7-9,12-13H,2,5-6,10-11H2,(H,20,21)(H,22,23);4-12H,2-3,13-14H2,1H3. The van der Waals surface area contributed by atoms with Crippen LogP contribution in [0.3, 0.4) is 0 Å². The number of ether oxygens (including phenoxy) is 2. The lowest BCUT2D eigenvalue weighted by molar-refractivity contribution is 0.0437. The van der Waals surface area contributed by atoms with E-state index in [-0.39, 0.29) is 28.9 Å². The molecule has 0 unspecified atom stereocenters. The first-order chi connectivity index (χ1) is 22.3. The van der Waals surface area contributed by atoms with Crippen LogP contribution in [0.1, 0.15) is 97.2 Å². The van der Waals surface area contributed by atoms with E-state index < -0.39 is 23.9 Å². The van der Waals surface area contributed by atoms with E-state index in [4.69, 9.17) is 14.6 Å². The maximum atomic E-state index is 12.2. The number of aromatic carboxylic acids is 2. The molecule has 0 saturated heterocycles. The molecule has 8 heteroatoms. The molecule has 2 N–H and O–H groups in total. The number of hydrogen-bond acceptors (Lipinski definition) is 6. The Bertz CT molecular complexity index is 1560. The van der Waals surface area contributed by atoms with Crippen molar-refractivity contribution in [2.24, 2.45) is 0 Å². The average molecular weight is 625 g/mol. The fraction of sp³-hybridized carbons (Fsp3) is 0.263. The predicted octanol–water partition coefficient (Wildman–Crippen LogP) is 8.04. The predicted molar refractivity (Wildman–Crippen MR) is 175 cm³/mol. The zero-order valence-electron chi connectivity index (χ0n) is 26.0. The minimum atomic E-state index is -1.20. The number of carbonyl (C=O) groups is 4. The summed E-state index contributed by atoms with van der Waals surface area (Å²) in [4.78, 5) is 46.8. The molecule has 8 nitrogen and oxygen atoms in total. The van der Waals surface area contributed by atoms with E-state index in [2.05, 4.69) is 12.1 Å². The van der Waals surface area contributed by atoms with Crippen molar-refractivity contribution in [3.05, 3.63) is 142 Å². The fourth-order valence-electron chi connectivity index (χ4n) is 4.73. The van der Waals surface area contributed by atoms with Gasteiger partial charge in [0.25, 0.3) is 0 Å². The first kappa shape index (κ1) is 35.2. The van der Waals surface area contributed by atoms with Crippen LogP contribution in [0.5, 0.6) is 0 Å². The van der Waals surface area contributed by atoms with Gasteiger partial charge >= 0.3 is 23.9 Å². The molecule has 4 aromatic carbocycles. The lowest BCUT2D eigenvalue weighted by Crippen LogP contribution is -2.14. The Morgan fingerprint density at radius 2 is 1.09 bits per heavy atom. The Kier molecular flexibility index (Phi) is 14.7. The zero-order chi connectivity index (χ0) is 33.1. The van der Waals surface area contributed by atoms with Gasteiger partial charge in [0.05, 0.1) is 28.9 Å². The molecule has 0 atom stereocenters. The quantitative estimate of drug-likeness (QED) is 0.100. The van der Waals surface area contributed by atoms with E-state index in [0.717, 1.165) is 44.1 Å². The first-order valence-corrected chi connectivity index (χ1v) is 15.4. The number of carboxylic acid groups (broad SMARTS) is 2. The number of hydrogen-bond donors (Lipinski definition) is 2. The van der Waals surface area contributed by atoms with Crippen LogP contribution in [0.15, 0.2) is 103 Å². The van der Waals surface area contributed by atoms with Crippen LogP contribution >= 0.6 is 0 Å². The molecule has 46 heavy (non-hydrogen) atoms. The summed E-state index contributed by atoms with van der Waals surface area (Å²) >= 11 is 0. The third-order valence-corrected chi connectivity index (χ3v) is 7.16. The van der Waals surface area contributed by atoms with E-state index in [9.17, 15) is 24.3 Å². The summed E-state index contributed by atoms with van der Waals surface area (Å²) in [6.07, 6.45) is 6.17. The van der Waals surface area contributed by atoms with Crippen molar-refractivity contribution in [3.63, 3.8) is 0 Å². The van der Waals surface area contributed by atoms with Gasteiger partial charge in [-0.15, -0.1) is 0 Å². The van der Waals surface area contributed by atoms with Crippen molar-refractivity contribution in [1.82, 2.24) is 0 Å². The molecule has 4 aromatic rings. The van der Waals surface area contributed by atoms with E-state index in [0.29, 0.717) is 18.6 Å². The molecule has 0 spiro atoms. The smallest absolute Gasteiger partial charge is 0.339 e. The molecule has 4 rings (SSSR count). The Balaban J connectivity index is 0.000000250. The minimum Gasteiger partial charge on any atom is -0.478 e. The SMILES string of the molecule is CCCCOC(=O)c1ccccc1C(=O)OCc1ccccc1.O=C(O)c1cccc(CCCCCc2ccccc2)c1C(=O)O. The third-order valence-electron chi connectivity index (χ3n) is 7.16. The summed E-state index contributed by atoms with van der Waals surface area (Å²) in [5.74, 6) is -3.40. The molecule has 0 saturated carbocycles. The van der Waals surface area contributed by atoms with Crippen molar-refractivity contribution >= 4 is 23.9 Å². The highest BCUT2D eigenvalue weighted by Gasteiger charge is 2.20. The van der Waals surface area contributed by atoms with Gasteiger partial charge in [-0.05, 0) is 67.0 Å². The van der Waals surface area contributed by atoms with Gasteiger partial charge in [-0.3, -0.25) is 0 Å². The van der Waals surface area contributed by atoms with Crippen LogP contribution in [-0.4, -0.2) is 40.7 Å². The molecule has 0 aliphatic rings. The molecule has 0 aliphatic carbocycles. The topological polar surface area (TPSA) is 127 Å². The zero-order valence-corrected chi connectivity index (χ0v) is 26.0. The monoisotopic (exact) mass is 624 g/mol. The molecule has 0 aromatic heterocycles. The minimum absolute atomic E-state index is 0.0805. The summed E-state index contributed by atoms with van der Waals surface area (Å²) < 4.78 is 10.5. The van der Waals surface area contributed by atoms with Crippen LogP contribution in [-0.2, 0) is 28.9 Å². The number of benzene rings is 4. The van der Waals surface area contributed by atoms with E-state index >= 15 is 0 Å². The number of esters is 2. The van der Waals surface area contributed by atoms with E-state index in [1.54, 1.807) is 36.4 Å². The van der Waals surface area contributed by atoms with Crippen LogP contribution in [0, 0.1) is 0 Å². The molecule has 0 fully saturated rings. The van der Waals surface area contributed by atoms with Gasteiger partial charge in [0.15, 0.2) is 0 Å². The van der Waals surface area contributed by atoms with Crippen LogP contribution in [0.25, 0.3) is 0 Å². The second kappa shape index (κ2) is 19.2. The lowest BCUT2D eigenvalue weighted by Gasteiger charge is -2.09. The summed E-state index contributed by atoms with van der Waals surface area (Å²) in [6, 6.07) is 30.8. The third kappa shape index (κ3) is 11.4. The summed E-state index contributed by atoms with van der Waals surface area (Å²) in [6.45, 7) is 2.53. The van der Waals surface area contributed by atoms with Gasteiger partial charge in [-0.2, -0.15) is 0 Å². The van der Waals surface area contributed by atoms with Crippen molar-refractivity contribution in [2.45, 2.75) is 58.5 Å². The Morgan fingerprint density at radius 1 is 0.543 bits per heavy atom. The first-order valence-electron chi connectivity index (χ1n) is 15.4. The molecule has 0 heterocycles. The van der Waals surface area contributed by atoms with Crippen LogP contribution < -0.4 is 0 Å². The van der Waals surface area contributed by atoms with Crippen LogP contribution in [0.4, 0.5) is 0 Å². The second-order valence-electron chi connectivity index (χ2n) is 10.6. The van der Waals surface area contributed by atoms with E-state index in [1.807, 2.05) is 55.5 Å². The number of carboxylic acids is 2. The van der Waals surface area contributed by atoms with Crippen molar-refractivity contribution in [3.8, 4) is 0 Å². The number of unbranched alkanes of at least 4 members (excludes halogenated alkanes) is 3. The largest absolute Gasteiger partial charge is 0.478 e. The van der Waals surface area contributed by atoms with Crippen molar-refractivity contribution in [1.29, 1.82) is 0 Å². The van der Waals surface area contributed by atoms with Gasteiger partial charge in [0.1, 0.15) is 6.61 Å². The van der Waals surface area contributed by atoms with Gasteiger partial charge in [0, 0.05) is 0 Å². The number of rotatable bonds is 15. The maximum absolute atomic E-state index is 12.2. The van der Waals surface area contributed by atoms with Crippen molar-refractivity contribution < 1.29 is 38.9 Å². The molecular formula is C38H40O8. The Morgan fingerprint density at radius 3 is 1.67 bits per heavy atom.